The first-order chi connectivity index (χ1) is 8.10. The number of nitrogens with zero attached hydrogens (tertiary/aromatic N) is 2. The zero-order valence-electron chi connectivity index (χ0n) is 11.4. The minimum Gasteiger partial charge on any atom is -0.316 e. The van der Waals surface area contributed by atoms with E-state index in [-0.39, 0.29) is 0 Å². The van der Waals surface area contributed by atoms with Crippen molar-refractivity contribution in [2.45, 2.75) is 40.0 Å². The first kappa shape index (κ1) is 14.5. The topological polar surface area (TPSA) is 29.9 Å². The Morgan fingerprint density at radius 1 is 1.41 bits per heavy atom. The predicted molar refractivity (Wildman–Crippen MR) is 73.6 cm³/mol. The molecule has 0 spiro atoms. The van der Waals surface area contributed by atoms with Crippen LogP contribution in [0, 0.1) is 12.8 Å². The summed E-state index contributed by atoms with van der Waals surface area (Å²) in [6.07, 6.45) is 3.35. The standard InChI is InChI=1S/C13H24ClN3/c1-5-7-15-9-11(6-2)8-12-13(14)10(3)16-17(12)4/h11,15H,5-9H2,1-4H3. The second kappa shape index (κ2) is 7.02. The molecule has 1 unspecified atom stereocenters. The molecule has 0 aliphatic carbocycles. The molecule has 4 heteroatoms. The summed E-state index contributed by atoms with van der Waals surface area (Å²) in [6, 6.07) is 0. The van der Waals surface area contributed by atoms with Crippen LogP contribution in [0.4, 0.5) is 0 Å². The van der Waals surface area contributed by atoms with E-state index >= 15 is 0 Å². The Hall–Kier alpha value is -0.540. The van der Waals surface area contributed by atoms with Crippen LogP contribution >= 0.6 is 11.6 Å². The summed E-state index contributed by atoms with van der Waals surface area (Å²) in [5, 5.41) is 8.67. The molecule has 1 aromatic heterocycles. The van der Waals surface area contributed by atoms with Gasteiger partial charge in [0.2, 0.25) is 0 Å². The smallest absolute Gasteiger partial charge is 0.0847 e. The quantitative estimate of drug-likeness (QED) is 0.762. The van der Waals surface area contributed by atoms with E-state index in [1.54, 1.807) is 0 Å². The number of nitrogens with one attached hydrogen (secondary N) is 1. The Labute approximate surface area is 110 Å². The van der Waals surface area contributed by atoms with Gasteiger partial charge in [0.1, 0.15) is 0 Å². The van der Waals surface area contributed by atoms with Crippen molar-refractivity contribution in [3.63, 3.8) is 0 Å². The van der Waals surface area contributed by atoms with Crippen LogP contribution in [0.2, 0.25) is 5.02 Å². The van der Waals surface area contributed by atoms with Crippen molar-refractivity contribution >= 4 is 11.6 Å². The fourth-order valence-electron chi connectivity index (χ4n) is 2.02. The molecule has 1 heterocycles. The lowest BCUT2D eigenvalue weighted by Gasteiger charge is -2.15. The second-order valence-corrected chi connectivity index (χ2v) is 5.03. The summed E-state index contributed by atoms with van der Waals surface area (Å²) in [5.41, 5.74) is 2.09. The van der Waals surface area contributed by atoms with Crippen LogP contribution in [0.1, 0.15) is 38.1 Å². The summed E-state index contributed by atoms with van der Waals surface area (Å²) in [4.78, 5) is 0. The molecule has 1 atom stereocenters. The van der Waals surface area contributed by atoms with E-state index in [2.05, 4.69) is 24.3 Å². The van der Waals surface area contributed by atoms with Crippen LogP contribution in [0.15, 0.2) is 0 Å². The van der Waals surface area contributed by atoms with E-state index in [1.807, 2.05) is 18.7 Å². The lowest BCUT2D eigenvalue weighted by atomic mass is 10.00. The number of aromatic nitrogens is 2. The van der Waals surface area contributed by atoms with Gasteiger partial charge in [0.25, 0.3) is 0 Å². The third kappa shape index (κ3) is 4.00. The zero-order valence-corrected chi connectivity index (χ0v) is 12.1. The average molecular weight is 258 g/mol. The molecule has 1 rings (SSSR count). The molecule has 0 radical (unpaired) electrons. The third-order valence-electron chi connectivity index (χ3n) is 3.18. The molecule has 1 aromatic rings. The molecule has 0 aliphatic rings. The Morgan fingerprint density at radius 2 is 2.12 bits per heavy atom. The van der Waals surface area contributed by atoms with E-state index in [0.29, 0.717) is 5.92 Å². The average Bonchev–Trinajstić information content (AvgIpc) is 2.54. The first-order valence-corrected chi connectivity index (χ1v) is 6.86. The maximum absolute atomic E-state index is 6.27. The summed E-state index contributed by atoms with van der Waals surface area (Å²) in [5.74, 6) is 0.633. The number of hydrogen-bond acceptors (Lipinski definition) is 2. The van der Waals surface area contributed by atoms with Gasteiger partial charge in [0, 0.05) is 7.05 Å². The minimum atomic E-state index is 0.633. The van der Waals surface area contributed by atoms with Gasteiger partial charge >= 0.3 is 0 Å². The fourth-order valence-corrected chi connectivity index (χ4v) is 2.26. The number of halogens is 1. The van der Waals surface area contributed by atoms with Crippen molar-refractivity contribution in [2.24, 2.45) is 13.0 Å². The van der Waals surface area contributed by atoms with E-state index < -0.39 is 0 Å². The first-order valence-electron chi connectivity index (χ1n) is 6.48. The predicted octanol–water partition coefficient (Wildman–Crippen LogP) is 2.95. The van der Waals surface area contributed by atoms with Gasteiger partial charge in [-0.25, -0.2) is 0 Å². The maximum atomic E-state index is 6.27. The summed E-state index contributed by atoms with van der Waals surface area (Å²) in [6.45, 7) is 8.53. The van der Waals surface area contributed by atoms with Gasteiger partial charge in [-0.05, 0) is 38.8 Å². The van der Waals surface area contributed by atoms with Crippen molar-refractivity contribution in [3.05, 3.63) is 16.4 Å². The van der Waals surface area contributed by atoms with Crippen LogP contribution in [0.3, 0.4) is 0 Å². The molecule has 98 valence electrons. The molecule has 17 heavy (non-hydrogen) atoms. The zero-order chi connectivity index (χ0) is 12.8. The largest absolute Gasteiger partial charge is 0.316 e. The molecule has 0 aliphatic heterocycles. The molecule has 1 N–H and O–H groups in total. The van der Waals surface area contributed by atoms with Gasteiger partial charge in [-0.2, -0.15) is 5.10 Å². The summed E-state index contributed by atoms with van der Waals surface area (Å²) < 4.78 is 1.92. The van der Waals surface area contributed by atoms with Crippen LogP contribution < -0.4 is 5.32 Å². The molecular formula is C13H24ClN3. The van der Waals surface area contributed by atoms with E-state index in [1.165, 1.54) is 6.42 Å². The van der Waals surface area contributed by atoms with Crippen LogP contribution in [0.5, 0.6) is 0 Å². The summed E-state index contributed by atoms with van der Waals surface area (Å²) in [7, 11) is 1.97. The van der Waals surface area contributed by atoms with E-state index in [4.69, 9.17) is 11.6 Å². The Morgan fingerprint density at radius 3 is 2.59 bits per heavy atom. The van der Waals surface area contributed by atoms with Crippen LogP contribution in [-0.4, -0.2) is 22.9 Å². The maximum Gasteiger partial charge on any atom is 0.0847 e. The monoisotopic (exact) mass is 257 g/mol. The van der Waals surface area contributed by atoms with Gasteiger partial charge in [-0.15, -0.1) is 0 Å². The van der Waals surface area contributed by atoms with Crippen molar-refractivity contribution < 1.29 is 0 Å². The SMILES string of the molecule is CCCNCC(CC)Cc1c(Cl)c(C)nn1C. The van der Waals surface area contributed by atoms with Crippen molar-refractivity contribution in [3.8, 4) is 0 Å². The highest BCUT2D eigenvalue weighted by Gasteiger charge is 2.15. The van der Waals surface area contributed by atoms with E-state index in [0.717, 1.165) is 42.3 Å². The second-order valence-electron chi connectivity index (χ2n) is 4.65. The molecule has 0 bridgehead atoms. The van der Waals surface area contributed by atoms with Crippen LogP contribution in [0.25, 0.3) is 0 Å². The molecule has 0 aromatic carbocycles. The number of hydrogen-bond donors (Lipinski definition) is 1. The lowest BCUT2D eigenvalue weighted by molar-refractivity contribution is 0.448. The Bertz CT molecular complexity index is 347. The van der Waals surface area contributed by atoms with Crippen LogP contribution in [-0.2, 0) is 13.5 Å². The third-order valence-corrected chi connectivity index (χ3v) is 3.67. The van der Waals surface area contributed by atoms with E-state index in [9.17, 15) is 0 Å². The van der Waals surface area contributed by atoms with Gasteiger partial charge < -0.3 is 5.32 Å². The molecule has 0 amide bonds. The lowest BCUT2D eigenvalue weighted by Crippen LogP contribution is -2.25. The van der Waals surface area contributed by atoms with Crippen molar-refractivity contribution in [1.29, 1.82) is 0 Å². The van der Waals surface area contributed by atoms with Crippen molar-refractivity contribution in [1.82, 2.24) is 15.1 Å². The van der Waals surface area contributed by atoms with Crippen molar-refractivity contribution in [2.75, 3.05) is 13.1 Å². The van der Waals surface area contributed by atoms with Gasteiger partial charge in [-0.3, -0.25) is 4.68 Å². The Kier molecular flexibility index (Phi) is 6.00. The normalized spacial score (nSPS) is 13.0. The highest BCUT2D eigenvalue weighted by molar-refractivity contribution is 6.31. The molecular weight excluding hydrogens is 234 g/mol. The molecule has 3 nitrogen and oxygen atoms in total. The number of rotatable bonds is 7. The molecule has 0 fully saturated rings. The van der Waals surface area contributed by atoms with Gasteiger partial charge in [-0.1, -0.05) is 31.9 Å². The highest BCUT2D eigenvalue weighted by Crippen LogP contribution is 2.23. The number of aryl methyl sites for hydroxylation is 2. The molecule has 0 saturated heterocycles. The van der Waals surface area contributed by atoms with Gasteiger partial charge in [0.05, 0.1) is 16.4 Å². The Balaban J connectivity index is 2.60. The summed E-state index contributed by atoms with van der Waals surface area (Å²) >= 11 is 6.27. The highest BCUT2D eigenvalue weighted by atomic mass is 35.5. The molecule has 0 saturated carbocycles. The van der Waals surface area contributed by atoms with Gasteiger partial charge in [0.15, 0.2) is 0 Å². The minimum absolute atomic E-state index is 0.633. The fraction of sp³-hybridized carbons (Fsp3) is 0.769.